The number of carboxylic acid groups (broad SMARTS) is 1. The second-order valence-electron chi connectivity index (χ2n) is 7.19. The average Bonchev–Trinajstić information content (AvgIpc) is 2.71. The molecule has 2 aromatic carbocycles. The van der Waals surface area contributed by atoms with Crippen molar-refractivity contribution in [1.29, 1.82) is 0 Å². The van der Waals surface area contributed by atoms with Gasteiger partial charge in [-0.1, -0.05) is 66.2 Å². The summed E-state index contributed by atoms with van der Waals surface area (Å²) in [5.41, 5.74) is 0.757. The molecule has 3 N–H and O–H groups in total. The second kappa shape index (κ2) is 9.19. The van der Waals surface area contributed by atoms with Gasteiger partial charge in [-0.15, -0.1) is 0 Å². The molecule has 1 heterocycles. The monoisotopic (exact) mass is 430 g/mol. The first-order valence-electron chi connectivity index (χ1n) is 9.50. The normalized spacial score (nSPS) is 16.9. The number of aliphatic hydroxyl groups is 1. The predicted molar refractivity (Wildman–Crippen MR) is 113 cm³/mol. The van der Waals surface area contributed by atoms with E-state index in [1.54, 1.807) is 62.4 Å². The Hall–Kier alpha value is -3.03. The van der Waals surface area contributed by atoms with Gasteiger partial charge in [0.15, 0.2) is 6.04 Å². The third kappa shape index (κ3) is 4.58. The zero-order valence-corrected chi connectivity index (χ0v) is 17.3. The van der Waals surface area contributed by atoms with E-state index in [1.807, 2.05) is 6.07 Å². The van der Waals surface area contributed by atoms with E-state index in [0.29, 0.717) is 10.4 Å². The molecule has 0 aromatic heterocycles. The zero-order chi connectivity index (χ0) is 21.8. The van der Waals surface area contributed by atoms with Crippen molar-refractivity contribution >= 4 is 34.4 Å². The molecule has 3 rings (SSSR count). The number of nitrogens with zero attached hydrogens (tertiary/aromatic N) is 1. The molecule has 0 saturated carbocycles. The van der Waals surface area contributed by atoms with E-state index >= 15 is 0 Å². The highest BCUT2D eigenvalue weighted by atomic mass is 35.5. The van der Waals surface area contributed by atoms with Crippen molar-refractivity contribution in [2.75, 3.05) is 0 Å². The van der Waals surface area contributed by atoms with Gasteiger partial charge in [0.25, 0.3) is 5.91 Å². The standard InChI is InChI=1S/C22H23ClN2O5/c1-13(2)30-25-18(19(26)15-10-6-7-11-16(15)20(25)23)21(27)24-17(22(28)29)12-14-8-4-3-5-9-14/h3-11,13,17-18,26H,12H2,1-2H3,(H,24,27)(H,28,29)/t17?,18-/m1/s1. The van der Waals surface area contributed by atoms with Crippen LogP contribution in [-0.2, 0) is 20.8 Å². The molecule has 7 nitrogen and oxygen atoms in total. The van der Waals surface area contributed by atoms with Gasteiger partial charge in [-0.2, -0.15) is 0 Å². The van der Waals surface area contributed by atoms with Crippen molar-refractivity contribution < 1.29 is 24.6 Å². The van der Waals surface area contributed by atoms with Gasteiger partial charge in [-0.05, 0) is 19.4 Å². The number of carbonyl (C=O) groups excluding carboxylic acids is 1. The summed E-state index contributed by atoms with van der Waals surface area (Å²) in [6, 6.07) is 13.3. The molecule has 0 spiro atoms. The molecule has 0 radical (unpaired) electrons. The van der Waals surface area contributed by atoms with Gasteiger partial charge in [0.1, 0.15) is 17.0 Å². The fourth-order valence-corrected chi connectivity index (χ4v) is 3.54. The highest BCUT2D eigenvalue weighted by Crippen LogP contribution is 2.23. The molecule has 0 bridgehead atoms. The number of aliphatic carboxylic acids is 1. The average molecular weight is 431 g/mol. The molecule has 2 aromatic rings. The summed E-state index contributed by atoms with van der Waals surface area (Å²) >= 11 is 6.49. The number of amides is 1. The molecular weight excluding hydrogens is 408 g/mol. The minimum atomic E-state index is -1.33. The Kier molecular flexibility index (Phi) is 6.64. The summed E-state index contributed by atoms with van der Waals surface area (Å²) in [6.45, 7) is 3.51. The quantitative estimate of drug-likeness (QED) is 0.576. The Bertz CT molecular complexity index is 1050. The van der Waals surface area contributed by atoms with Gasteiger partial charge in [0.2, 0.25) is 0 Å². The molecule has 2 atom stereocenters. The van der Waals surface area contributed by atoms with E-state index < -0.39 is 24.0 Å². The highest BCUT2D eigenvalue weighted by molar-refractivity contribution is 6.44. The number of hydroxylamine groups is 2. The van der Waals surface area contributed by atoms with Crippen LogP contribution in [0, 0.1) is 0 Å². The van der Waals surface area contributed by atoms with Gasteiger partial charge in [-0.25, -0.2) is 9.86 Å². The smallest absolute Gasteiger partial charge is 0.326 e. The first-order chi connectivity index (χ1) is 14.3. The molecule has 1 amide bonds. The van der Waals surface area contributed by atoms with Gasteiger partial charge < -0.3 is 15.5 Å². The SMILES string of the molecule is CC(C)ON1C(Cl)=c2ccccc2=C(O)[C@@H]1C(=O)NC(Cc1ccccc1)C(=O)O. The third-order valence-electron chi connectivity index (χ3n) is 4.58. The first-order valence-corrected chi connectivity index (χ1v) is 9.88. The van der Waals surface area contributed by atoms with E-state index in [-0.39, 0.29) is 23.4 Å². The lowest BCUT2D eigenvalue weighted by atomic mass is 10.0. The van der Waals surface area contributed by atoms with E-state index in [4.69, 9.17) is 16.4 Å². The number of carbonyl (C=O) groups is 2. The van der Waals surface area contributed by atoms with E-state index in [0.717, 1.165) is 10.6 Å². The van der Waals surface area contributed by atoms with Crippen molar-refractivity contribution in [3.63, 3.8) is 0 Å². The van der Waals surface area contributed by atoms with E-state index in [2.05, 4.69) is 5.32 Å². The van der Waals surface area contributed by atoms with Crippen LogP contribution in [0.2, 0.25) is 0 Å². The summed E-state index contributed by atoms with van der Waals surface area (Å²) in [5.74, 6) is -2.18. The van der Waals surface area contributed by atoms with Crippen LogP contribution < -0.4 is 15.8 Å². The number of hydrogen-bond donors (Lipinski definition) is 3. The molecule has 0 saturated heterocycles. The minimum absolute atomic E-state index is 0.0917. The van der Waals surface area contributed by atoms with E-state index in [1.165, 1.54) is 0 Å². The summed E-state index contributed by atoms with van der Waals surface area (Å²) in [5, 5.41) is 25.1. The van der Waals surface area contributed by atoms with Crippen molar-refractivity contribution in [2.24, 2.45) is 0 Å². The number of carboxylic acids is 1. The Labute approximate surface area is 178 Å². The van der Waals surface area contributed by atoms with Crippen molar-refractivity contribution in [2.45, 2.75) is 38.5 Å². The molecular formula is C22H23ClN2O5. The molecule has 158 valence electrons. The summed E-state index contributed by atoms with van der Waals surface area (Å²) < 4.78 is 0. The third-order valence-corrected chi connectivity index (χ3v) is 4.95. The molecule has 1 unspecified atom stereocenters. The van der Waals surface area contributed by atoms with Gasteiger partial charge >= 0.3 is 5.97 Å². The van der Waals surface area contributed by atoms with Crippen LogP contribution in [0.5, 0.6) is 0 Å². The number of aliphatic hydroxyl groups excluding tert-OH is 1. The number of rotatable bonds is 7. The largest absolute Gasteiger partial charge is 0.509 e. The lowest BCUT2D eigenvalue weighted by Crippen LogP contribution is -2.56. The lowest BCUT2D eigenvalue weighted by molar-refractivity contribution is -0.170. The van der Waals surface area contributed by atoms with Gasteiger partial charge in [-0.3, -0.25) is 9.63 Å². The van der Waals surface area contributed by atoms with Crippen molar-refractivity contribution in [1.82, 2.24) is 10.4 Å². The Balaban J connectivity index is 1.95. The number of benzene rings is 2. The van der Waals surface area contributed by atoms with E-state index in [9.17, 15) is 19.8 Å². The summed E-state index contributed by atoms with van der Waals surface area (Å²) in [7, 11) is 0. The molecule has 8 heteroatoms. The Morgan fingerprint density at radius 2 is 1.70 bits per heavy atom. The Morgan fingerprint density at radius 1 is 1.10 bits per heavy atom. The van der Waals surface area contributed by atoms with Crippen LogP contribution in [0.3, 0.4) is 0 Å². The maximum Gasteiger partial charge on any atom is 0.326 e. The van der Waals surface area contributed by atoms with Gasteiger partial charge in [0, 0.05) is 16.9 Å². The van der Waals surface area contributed by atoms with Crippen LogP contribution >= 0.6 is 11.6 Å². The number of fused-ring (bicyclic) bond motifs is 1. The van der Waals surface area contributed by atoms with Crippen molar-refractivity contribution in [3.05, 3.63) is 70.6 Å². The van der Waals surface area contributed by atoms with Crippen LogP contribution in [0.25, 0.3) is 10.9 Å². The maximum atomic E-state index is 13.1. The zero-order valence-electron chi connectivity index (χ0n) is 16.6. The summed E-state index contributed by atoms with van der Waals surface area (Å²) in [6.07, 6.45) is -0.249. The molecule has 0 fully saturated rings. The summed E-state index contributed by atoms with van der Waals surface area (Å²) in [4.78, 5) is 30.6. The first kappa shape index (κ1) is 21.7. The fraction of sp³-hybridized carbons (Fsp3) is 0.273. The molecule has 1 aliphatic rings. The topological polar surface area (TPSA) is 99.1 Å². The van der Waals surface area contributed by atoms with Crippen LogP contribution in [0.4, 0.5) is 0 Å². The van der Waals surface area contributed by atoms with Crippen molar-refractivity contribution in [3.8, 4) is 0 Å². The number of halogens is 1. The second-order valence-corrected chi connectivity index (χ2v) is 7.55. The minimum Gasteiger partial charge on any atom is -0.509 e. The lowest BCUT2D eigenvalue weighted by Gasteiger charge is -2.34. The Morgan fingerprint density at radius 3 is 2.30 bits per heavy atom. The molecule has 1 aliphatic heterocycles. The van der Waals surface area contributed by atoms with Gasteiger partial charge in [0.05, 0.1) is 6.10 Å². The molecule has 0 aliphatic carbocycles. The van der Waals surface area contributed by atoms with Crippen LogP contribution in [-0.4, -0.2) is 45.3 Å². The number of hydrogen-bond acceptors (Lipinski definition) is 5. The highest BCUT2D eigenvalue weighted by Gasteiger charge is 2.38. The van der Waals surface area contributed by atoms with Crippen LogP contribution in [0.15, 0.2) is 54.6 Å². The number of nitrogens with one attached hydrogen (secondary N) is 1. The van der Waals surface area contributed by atoms with Crippen LogP contribution in [0.1, 0.15) is 19.4 Å². The fourth-order valence-electron chi connectivity index (χ4n) is 3.24. The molecule has 30 heavy (non-hydrogen) atoms. The maximum absolute atomic E-state index is 13.1. The predicted octanol–water partition coefficient (Wildman–Crippen LogP) is 1.49.